The van der Waals surface area contributed by atoms with Crippen molar-refractivity contribution in [2.24, 2.45) is 5.92 Å². The Hall–Kier alpha value is -1.31. The summed E-state index contributed by atoms with van der Waals surface area (Å²) in [6, 6.07) is 8.44. The van der Waals surface area contributed by atoms with Crippen LogP contribution >= 0.6 is 0 Å². The van der Waals surface area contributed by atoms with E-state index < -0.39 is 0 Å². The second-order valence-electron chi connectivity index (χ2n) is 5.60. The van der Waals surface area contributed by atoms with Crippen molar-refractivity contribution in [3.63, 3.8) is 0 Å². The molecule has 0 saturated heterocycles. The third-order valence-electron chi connectivity index (χ3n) is 4.53. The van der Waals surface area contributed by atoms with Crippen LogP contribution in [0.15, 0.2) is 24.3 Å². The number of carbonyl (C=O) groups is 1. The quantitative estimate of drug-likeness (QED) is 0.728. The average Bonchev–Trinajstić information content (AvgIpc) is 2.37. The van der Waals surface area contributed by atoms with Gasteiger partial charge in [-0.2, -0.15) is 0 Å². The molecule has 2 nitrogen and oxygen atoms in total. The van der Waals surface area contributed by atoms with Crippen LogP contribution in [0.1, 0.15) is 43.7 Å². The van der Waals surface area contributed by atoms with E-state index in [1.807, 2.05) is 0 Å². The van der Waals surface area contributed by atoms with Crippen LogP contribution in [0.4, 0.5) is 0 Å². The van der Waals surface area contributed by atoms with Gasteiger partial charge in [-0.3, -0.25) is 4.79 Å². The molecule has 1 heterocycles. The third-order valence-corrected chi connectivity index (χ3v) is 4.53. The number of rotatable bonds is 0. The molecule has 17 heavy (non-hydrogen) atoms. The maximum Gasteiger partial charge on any atom is 0.230 e. The molecule has 2 heteroatoms. The Morgan fingerprint density at radius 3 is 2.71 bits per heavy atom. The van der Waals surface area contributed by atoms with Crippen LogP contribution in [0.25, 0.3) is 0 Å². The molecule has 1 aliphatic heterocycles. The molecule has 1 aliphatic carbocycles. The largest absolute Gasteiger partial charge is 0.351 e. The van der Waals surface area contributed by atoms with E-state index in [0.717, 1.165) is 18.8 Å². The fraction of sp³-hybridized carbons (Fsp3) is 0.533. The van der Waals surface area contributed by atoms with Crippen LogP contribution in [0, 0.1) is 5.92 Å². The number of benzene rings is 1. The maximum absolute atomic E-state index is 12.3. The number of hydrogen-bond donors (Lipinski definition) is 1. The zero-order valence-electron chi connectivity index (χ0n) is 10.3. The van der Waals surface area contributed by atoms with Gasteiger partial charge in [-0.05, 0) is 42.7 Å². The van der Waals surface area contributed by atoms with Gasteiger partial charge in [0.1, 0.15) is 0 Å². The molecule has 0 atom stereocenters. The Labute approximate surface area is 102 Å². The van der Waals surface area contributed by atoms with Crippen LogP contribution in [0.2, 0.25) is 0 Å². The van der Waals surface area contributed by atoms with Crippen molar-refractivity contribution in [1.29, 1.82) is 0 Å². The van der Waals surface area contributed by atoms with Crippen LogP contribution < -0.4 is 5.32 Å². The average molecular weight is 229 g/mol. The number of fused-ring (bicyclic) bond motifs is 2. The summed E-state index contributed by atoms with van der Waals surface area (Å²) in [4.78, 5) is 12.3. The van der Waals surface area contributed by atoms with E-state index in [9.17, 15) is 4.79 Å². The normalized spacial score (nSPS) is 32.1. The highest BCUT2D eigenvalue weighted by Crippen LogP contribution is 2.44. The fourth-order valence-corrected chi connectivity index (χ4v) is 3.36. The number of hydrogen-bond acceptors (Lipinski definition) is 1. The van der Waals surface area contributed by atoms with Crippen molar-refractivity contribution < 1.29 is 4.79 Å². The van der Waals surface area contributed by atoms with E-state index in [1.165, 1.54) is 24.0 Å². The topological polar surface area (TPSA) is 29.1 Å². The molecule has 1 spiro atoms. The Bertz CT molecular complexity index is 444. The molecule has 1 aromatic rings. The van der Waals surface area contributed by atoms with Gasteiger partial charge in [0.2, 0.25) is 5.91 Å². The molecule has 1 N–H and O–H groups in total. The summed E-state index contributed by atoms with van der Waals surface area (Å²) in [6.45, 7) is 2.99. The van der Waals surface area contributed by atoms with Crippen molar-refractivity contribution in [3.05, 3.63) is 35.4 Å². The van der Waals surface area contributed by atoms with Crippen molar-refractivity contribution in [1.82, 2.24) is 5.32 Å². The summed E-state index contributed by atoms with van der Waals surface area (Å²) in [5, 5.41) is 3.07. The van der Waals surface area contributed by atoms with Gasteiger partial charge in [-0.25, -0.2) is 0 Å². The third kappa shape index (κ3) is 1.58. The lowest BCUT2D eigenvalue weighted by Crippen LogP contribution is -2.50. The van der Waals surface area contributed by atoms with Gasteiger partial charge in [-0.1, -0.05) is 31.2 Å². The molecule has 0 bridgehead atoms. The van der Waals surface area contributed by atoms with Crippen LogP contribution in [-0.4, -0.2) is 5.91 Å². The van der Waals surface area contributed by atoms with Gasteiger partial charge >= 0.3 is 0 Å². The van der Waals surface area contributed by atoms with E-state index >= 15 is 0 Å². The second-order valence-corrected chi connectivity index (χ2v) is 5.60. The van der Waals surface area contributed by atoms with Gasteiger partial charge < -0.3 is 5.32 Å². The summed E-state index contributed by atoms with van der Waals surface area (Å²) in [6.07, 6.45) is 4.36. The first kappa shape index (κ1) is 10.8. The Morgan fingerprint density at radius 1 is 1.24 bits per heavy atom. The fourth-order valence-electron chi connectivity index (χ4n) is 3.36. The van der Waals surface area contributed by atoms with Crippen LogP contribution in [-0.2, 0) is 16.8 Å². The summed E-state index contributed by atoms with van der Waals surface area (Å²) < 4.78 is 0. The SMILES string of the molecule is CC1CCC2(CC1)C(=O)NCc1ccccc12. The van der Waals surface area contributed by atoms with E-state index in [4.69, 9.17) is 0 Å². The minimum atomic E-state index is -0.221. The molecule has 0 aromatic heterocycles. The van der Waals surface area contributed by atoms with Crippen molar-refractivity contribution in [2.45, 2.75) is 44.6 Å². The Balaban J connectivity index is 2.06. The van der Waals surface area contributed by atoms with E-state index in [1.54, 1.807) is 0 Å². The molecule has 90 valence electrons. The summed E-state index contributed by atoms with van der Waals surface area (Å²) in [5.74, 6) is 1.02. The first-order valence-corrected chi connectivity index (χ1v) is 6.59. The number of nitrogens with one attached hydrogen (secondary N) is 1. The maximum atomic E-state index is 12.3. The molecule has 3 rings (SSSR count). The summed E-state index contributed by atoms with van der Waals surface area (Å²) in [5.41, 5.74) is 2.37. The van der Waals surface area contributed by atoms with Gasteiger partial charge in [0.25, 0.3) is 0 Å². The highest BCUT2D eigenvalue weighted by molar-refractivity contribution is 5.90. The second kappa shape index (κ2) is 3.86. The van der Waals surface area contributed by atoms with Gasteiger partial charge in [0.15, 0.2) is 0 Å². The zero-order chi connectivity index (χ0) is 11.9. The molecule has 1 saturated carbocycles. The molecule has 0 unspecified atom stereocenters. The van der Waals surface area contributed by atoms with E-state index in [-0.39, 0.29) is 11.3 Å². The van der Waals surface area contributed by atoms with Gasteiger partial charge in [-0.15, -0.1) is 0 Å². The molecular weight excluding hydrogens is 210 g/mol. The summed E-state index contributed by atoms with van der Waals surface area (Å²) in [7, 11) is 0. The minimum absolute atomic E-state index is 0.221. The molecule has 0 radical (unpaired) electrons. The smallest absolute Gasteiger partial charge is 0.230 e. The molecule has 1 aromatic carbocycles. The Morgan fingerprint density at radius 2 is 1.94 bits per heavy atom. The lowest BCUT2D eigenvalue weighted by Gasteiger charge is -2.42. The molecule has 1 fully saturated rings. The van der Waals surface area contributed by atoms with Crippen LogP contribution in [0.5, 0.6) is 0 Å². The van der Waals surface area contributed by atoms with E-state index in [2.05, 4.69) is 36.5 Å². The predicted molar refractivity (Wildman–Crippen MR) is 67.6 cm³/mol. The van der Waals surface area contributed by atoms with Crippen LogP contribution in [0.3, 0.4) is 0 Å². The zero-order valence-corrected chi connectivity index (χ0v) is 10.3. The molecule has 2 aliphatic rings. The predicted octanol–water partition coefficient (Wildman–Crippen LogP) is 2.76. The monoisotopic (exact) mass is 229 g/mol. The highest BCUT2D eigenvalue weighted by Gasteiger charge is 2.45. The van der Waals surface area contributed by atoms with Crippen molar-refractivity contribution >= 4 is 5.91 Å². The van der Waals surface area contributed by atoms with Crippen molar-refractivity contribution in [3.8, 4) is 0 Å². The summed E-state index contributed by atoms with van der Waals surface area (Å²) >= 11 is 0. The van der Waals surface area contributed by atoms with Gasteiger partial charge in [0.05, 0.1) is 5.41 Å². The van der Waals surface area contributed by atoms with Gasteiger partial charge in [0, 0.05) is 6.54 Å². The lowest BCUT2D eigenvalue weighted by molar-refractivity contribution is -0.129. The highest BCUT2D eigenvalue weighted by atomic mass is 16.2. The molecular formula is C15H19NO. The number of amides is 1. The van der Waals surface area contributed by atoms with E-state index in [0.29, 0.717) is 6.54 Å². The molecule has 1 amide bonds. The first-order chi connectivity index (χ1) is 8.22. The first-order valence-electron chi connectivity index (χ1n) is 6.59. The minimum Gasteiger partial charge on any atom is -0.351 e. The van der Waals surface area contributed by atoms with Crippen molar-refractivity contribution in [2.75, 3.05) is 0 Å². The standard InChI is InChI=1S/C15H19NO/c1-11-6-8-15(9-7-11)13-5-3-2-4-12(13)10-16-14(15)17/h2-5,11H,6-10H2,1H3,(H,16,17). The lowest BCUT2D eigenvalue weighted by atomic mass is 9.64. The Kier molecular flexibility index (Phi) is 2.46. The number of carbonyl (C=O) groups excluding carboxylic acids is 1.